The van der Waals surface area contributed by atoms with E-state index in [1.165, 1.54) is 32.1 Å². The molecule has 2 nitrogen and oxygen atoms in total. The minimum absolute atomic E-state index is 0.272. The van der Waals surface area contributed by atoms with Crippen LogP contribution in [-0.2, 0) is 0 Å². The summed E-state index contributed by atoms with van der Waals surface area (Å²) in [7, 11) is 0. The van der Waals surface area contributed by atoms with E-state index in [1.54, 1.807) is 4.90 Å². The maximum absolute atomic E-state index is 13.2. The molecule has 0 aromatic rings. The Kier molecular flexibility index (Phi) is 3.54. The third kappa shape index (κ3) is 2.51. The summed E-state index contributed by atoms with van der Waals surface area (Å²) in [6, 6.07) is 0.272. The normalized spacial score (nSPS) is 33.3. The Morgan fingerprint density at radius 1 is 1.05 bits per heavy atom. The van der Waals surface area contributed by atoms with Crippen LogP contribution in [0.1, 0.15) is 44.9 Å². The Hall–Kier alpha value is -0.290. The van der Waals surface area contributed by atoms with Gasteiger partial charge in [-0.25, -0.2) is 0 Å². The van der Waals surface area contributed by atoms with Crippen LogP contribution in [0.25, 0.3) is 0 Å². The first kappa shape index (κ1) is 13.7. The molecule has 0 aromatic heterocycles. The van der Waals surface area contributed by atoms with Crippen LogP contribution >= 0.6 is 0 Å². The number of alkyl halides is 3. The first-order valence-electron chi connectivity index (χ1n) is 7.58. The van der Waals surface area contributed by atoms with E-state index in [4.69, 9.17) is 0 Å². The summed E-state index contributed by atoms with van der Waals surface area (Å²) in [6.45, 7) is 1.84. The summed E-state index contributed by atoms with van der Waals surface area (Å²) in [5.74, 6) is 0.584. The Labute approximate surface area is 112 Å². The highest BCUT2D eigenvalue weighted by Gasteiger charge is 2.66. The van der Waals surface area contributed by atoms with Crippen LogP contribution in [0.4, 0.5) is 13.2 Å². The van der Waals surface area contributed by atoms with Crippen molar-refractivity contribution in [2.24, 2.45) is 5.92 Å². The molecule has 3 fully saturated rings. The van der Waals surface area contributed by atoms with Crippen molar-refractivity contribution < 1.29 is 13.2 Å². The third-order valence-corrected chi connectivity index (χ3v) is 5.28. The van der Waals surface area contributed by atoms with Gasteiger partial charge in [-0.15, -0.1) is 0 Å². The highest BCUT2D eigenvalue weighted by molar-refractivity contribution is 5.11. The summed E-state index contributed by atoms with van der Waals surface area (Å²) >= 11 is 0. The van der Waals surface area contributed by atoms with E-state index < -0.39 is 11.7 Å². The minimum atomic E-state index is -4.05. The average Bonchev–Trinajstić information content (AvgIpc) is 3.21. The highest BCUT2D eigenvalue weighted by Crippen LogP contribution is 2.53. The second-order valence-electron chi connectivity index (χ2n) is 6.43. The third-order valence-electron chi connectivity index (χ3n) is 5.28. The second kappa shape index (κ2) is 4.92. The van der Waals surface area contributed by atoms with E-state index in [0.717, 1.165) is 0 Å². The molecule has 0 radical (unpaired) electrons. The SMILES string of the molecule is FC(F)(F)C1(N2CCNC(C3CCCCC3)C2)CC1. The first-order chi connectivity index (χ1) is 9.03. The molecule has 1 N–H and O–H groups in total. The van der Waals surface area contributed by atoms with Crippen LogP contribution in [0.5, 0.6) is 0 Å². The monoisotopic (exact) mass is 276 g/mol. The second-order valence-corrected chi connectivity index (χ2v) is 6.43. The van der Waals surface area contributed by atoms with Crippen LogP contribution in [-0.4, -0.2) is 42.3 Å². The van der Waals surface area contributed by atoms with Crippen molar-refractivity contribution in [1.82, 2.24) is 10.2 Å². The summed E-state index contributed by atoms with van der Waals surface area (Å²) in [6.07, 6.45) is 2.69. The lowest BCUT2D eigenvalue weighted by atomic mass is 9.83. The predicted molar refractivity (Wildman–Crippen MR) is 68.0 cm³/mol. The van der Waals surface area contributed by atoms with E-state index in [2.05, 4.69) is 5.32 Å². The van der Waals surface area contributed by atoms with Crippen LogP contribution in [0.15, 0.2) is 0 Å². The van der Waals surface area contributed by atoms with Gasteiger partial charge in [0.25, 0.3) is 0 Å². The number of nitrogens with one attached hydrogen (secondary N) is 1. The number of hydrogen-bond acceptors (Lipinski definition) is 2. The predicted octanol–water partition coefficient (Wildman–Crippen LogP) is 2.94. The fraction of sp³-hybridized carbons (Fsp3) is 1.00. The van der Waals surface area contributed by atoms with Gasteiger partial charge in [-0.3, -0.25) is 4.90 Å². The summed E-state index contributed by atoms with van der Waals surface area (Å²) < 4.78 is 39.6. The van der Waals surface area contributed by atoms with Gasteiger partial charge in [-0.1, -0.05) is 19.3 Å². The maximum Gasteiger partial charge on any atom is 0.406 e. The molecule has 1 heterocycles. The quantitative estimate of drug-likeness (QED) is 0.834. The Bertz CT molecular complexity index is 319. The average molecular weight is 276 g/mol. The van der Waals surface area contributed by atoms with E-state index in [1.807, 2.05) is 0 Å². The lowest BCUT2D eigenvalue weighted by Crippen LogP contribution is -2.60. The van der Waals surface area contributed by atoms with Crippen molar-refractivity contribution in [2.75, 3.05) is 19.6 Å². The zero-order valence-corrected chi connectivity index (χ0v) is 11.3. The molecule has 2 aliphatic carbocycles. The van der Waals surface area contributed by atoms with E-state index in [-0.39, 0.29) is 6.04 Å². The van der Waals surface area contributed by atoms with Crippen molar-refractivity contribution in [3.05, 3.63) is 0 Å². The molecule has 1 saturated heterocycles. The summed E-state index contributed by atoms with van der Waals surface area (Å²) in [5.41, 5.74) is -1.47. The molecule has 3 aliphatic rings. The number of nitrogens with zero attached hydrogens (tertiary/aromatic N) is 1. The van der Waals surface area contributed by atoms with Gasteiger partial charge in [0.1, 0.15) is 5.54 Å². The van der Waals surface area contributed by atoms with E-state index in [9.17, 15) is 13.2 Å². The Morgan fingerprint density at radius 2 is 1.74 bits per heavy atom. The minimum Gasteiger partial charge on any atom is -0.311 e. The summed E-state index contributed by atoms with van der Waals surface area (Å²) in [5, 5.41) is 3.46. The van der Waals surface area contributed by atoms with Gasteiger partial charge in [0, 0.05) is 25.7 Å². The topological polar surface area (TPSA) is 15.3 Å². The molecule has 0 amide bonds. The van der Waals surface area contributed by atoms with Crippen LogP contribution in [0.2, 0.25) is 0 Å². The van der Waals surface area contributed by atoms with Gasteiger partial charge >= 0.3 is 6.18 Å². The van der Waals surface area contributed by atoms with Crippen molar-refractivity contribution in [3.8, 4) is 0 Å². The molecule has 1 aliphatic heterocycles. The van der Waals surface area contributed by atoms with Gasteiger partial charge in [0.2, 0.25) is 0 Å². The molecule has 2 saturated carbocycles. The fourth-order valence-electron chi connectivity index (χ4n) is 3.92. The number of hydrogen-bond donors (Lipinski definition) is 1. The molecule has 0 aromatic carbocycles. The van der Waals surface area contributed by atoms with Gasteiger partial charge in [-0.2, -0.15) is 13.2 Å². The first-order valence-corrected chi connectivity index (χ1v) is 7.58. The van der Waals surface area contributed by atoms with Crippen molar-refractivity contribution >= 4 is 0 Å². The van der Waals surface area contributed by atoms with Crippen molar-refractivity contribution in [3.63, 3.8) is 0 Å². The van der Waals surface area contributed by atoms with Crippen LogP contribution < -0.4 is 5.32 Å². The highest BCUT2D eigenvalue weighted by atomic mass is 19.4. The molecule has 3 rings (SSSR count). The zero-order valence-electron chi connectivity index (χ0n) is 11.3. The largest absolute Gasteiger partial charge is 0.406 e. The zero-order chi connectivity index (χ0) is 13.5. The molecule has 1 unspecified atom stereocenters. The number of piperazine rings is 1. The van der Waals surface area contributed by atoms with Crippen LogP contribution in [0.3, 0.4) is 0 Å². The molecular formula is C14H23F3N2. The van der Waals surface area contributed by atoms with Gasteiger partial charge in [-0.05, 0) is 31.6 Å². The molecule has 1 atom stereocenters. The van der Waals surface area contributed by atoms with E-state index >= 15 is 0 Å². The Balaban J connectivity index is 1.65. The van der Waals surface area contributed by atoms with Crippen molar-refractivity contribution in [2.45, 2.75) is 62.7 Å². The molecule has 0 spiro atoms. The van der Waals surface area contributed by atoms with E-state index in [0.29, 0.717) is 38.4 Å². The standard InChI is InChI=1S/C14H23F3N2/c15-14(16,17)13(6-7-13)19-9-8-18-12(10-19)11-4-2-1-3-5-11/h11-12,18H,1-10H2. The molecular weight excluding hydrogens is 253 g/mol. The van der Waals surface area contributed by atoms with Gasteiger partial charge in [0.05, 0.1) is 0 Å². The maximum atomic E-state index is 13.2. The molecule has 110 valence electrons. The van der Waals surface area contributed by atoms with Gasteiger partial charge in [0.15, 0.2) is 0 Å². The van der Waals surface area contributed by atoms with Gasteiger partial charge < -0.3 is 5.32 Å². The summed E-state index contributed by atoms with van der Waals surface area (Å²) in [4.78, 5) is 1.72. The number of rotatable bonds is 2. The molecule has 0 bridgehead atoms. The fourth-order valence-corrected chi connectivity index (χ4v) is 3.92. The molecule has 19 heavy (non-hydrogen) atoms. The Morgan fingerprint density at radius 3 is 2.32 bits per heavy atom. The van der Waals surface area contributed by atoms with Crippen molar-refractivity contribution in [1.29, 1.82) is 0 Å². The number of halogens is 3. The smallest absolute Gasteiger partial charge is 0.311 e. The lowest BCUT2D eigenvalue weighted by Gasteiger charge is -2.43. The lowest BCUT2D eigenvalue weighted by molar-refractivity contribution is -0.200. The molecule has 5 heteroatoms. The van der Waals surface area contributed by atoms with Crippen LogP contribution in [0, 0.1) is 5.92 Å².